The fourth-order valence-corrected chi connectivity index (χ4v) is 1.59. The van der Waals surface area contributed by atoms with Gasteiger partial charge in [0.05, 0.1) is 0 Å². The first kappa shape index (κ1) is 7.74. The molecule has 0 aliphatic carbocycles. The Morgan fingerprint density at radius 2 is 1.92 bits per heavy atom. The van der Waals surface area contributed by atoms with E-state index in [1.807, 2.05) is 30.3 Å². The van der Waals surface area contributed by atoms with E-state index in [0.717, 1.165) is 18.7 Å². The lowest BCUT2D eigenvalue weighted by atomic mass is 9.76. The predicted octanol–water partition coefficient (Wildman–Crippen LogP) is 1.50. The Morgan fingerprint density at radius 1 is 1.25 bits per heavy atom. The van der Waals surface area contributed by atoms with Crippen LogP contribution < -0.4 is 5.32 Å². The summed E-state index contributed by atoms with van der Waals surface area (Å²) in [5, 5.41) is 3.11. The SMILES string of the molecule is FCC1(c2ccccc2)CNC1. The zero-order valence-corrected chi connectivity index (χ0v) is 6.89. The average molecular weight is 165 g/mol. The summed E-state index contributed by atoms with van der Waals surface area (Å²) in [7, 11) is 0. The van der Waals surface area contributed by atoms with E-state index in [0.29, 0.717) is 0 Å². The molecule has 0 bridgehead atoms. The van der Waals surface area contributed by atoms with Crippen LogP contribution in [0, 0.1) is 0 Å². The highest BCUT2D eigenvalue weighted by Crippen LogP contribution is 2.28. The molecule has 0 amide bonds. The van der Waals surface area contributed by atoms with Crippen molar-refractivity contribution in [3.05, 3.63) is 35.9 Å². The lowest BCUT2D eigenvalue weighted by Crippen LogP contribution is -2.58. The van der Waals surface area contributed by atoms with Crippen molar-refractivity contribution in [1.29, 1.82) is 0 Å². The van der Waals surface area contributed by atoms with Crippen molar-refractivity contribution in [1.82, 2.24) is 5.32 Å². The molecule has 1 heterocycles. The van der Waals surface area contributed by atoms with E-state index in [-0.39, 0.29) is 12.1 Å². The minimum absolute atomic E-state index is 0.221. The van der Waals surface area contributed by atoms with E-state index >= 15 is 0 Å². The molecule has 0 radical (unpaired) electrons. The van der Waals surface area contributed by atoms with Gasteiger partial charge in [-0.05, 0) is 5.56 Å². The van der Waals surface area contributed by atoms with Crippen LogP contribution in [-0.4, -0.2) is 19.8 Å². The molecule has 1 nitrogen and oxygen atoms in total. The minimum atomic E-state index is -0.260. The summed E-state index contributed by atoms with van der Waals surface area (Å²) in [6.45, 7) is 1.28. The number of halogens is 1. The highest BCUT2D eigenvalue weighted by atomic mass is 19.1. The maximum atomic E-state index is 12.7. The second-order valence-corrected chi connectivity index (χ2v) is 3.38. The summed E-state index contributed by atoms with van der Waals surface area (Å²) in [6, 6.07) is 9.89. The Morgan fingerprint density at radius 3 is 2.33 bits per heavy atom. The fraction of sp³-hybridized carbons (Fsp3) is 0.400. The molecular weight excluding hydrogens is 153 g/mol. The van der Waals surface area contributed by atoms with Crippen LogP contribution in [-0.2, 0) is 5.41 Å². The van der Waals surface area contributed by atoms with Gasteiger partial charge in [0, 0.05) is 18.5 Å². The molecule has 0 aromatic heterocycles. The van der Waals surface area contributed by atoms with Crippen LogP contribution in [0.5, 0.6) is 0 Å². The molecule has 1 aromatic rings. The van der Waals surface area contributed by atoms with E-state index in [9.17, 15) is 4.39 Å². The molecule has 0 atom stereocenters. The lowest BCUT2D eigenvalue weighted by Gasteiger charge is -2.40. The van der Waals surface area contributed by atoms with E-state index in [1.54, 1.807) is 0 Å². The van der Waals surface area contributed by atoms with Gasteiger partial charge >= 0.3 is 0 Å². The third-order valence-electron chi connectivity index (χ3n) is 2.57. The van der Waals surface area contributed by atoms with Gasteiger partial charge in [-0.15, -0.1) is 0 Å². The third kappa shape index (κ3) is 1.03. The fourth-order valence-electron chi connectivity index (χ4n) is 1.59. The minimum Gasteiger partial charge on any atom is -0.315 e. The summed E-state index contributed by atoms with van der Waals surface area (Å²) in [4.78, 5) is 0. The molecule has 64 valence electrons. The summed E-state index contributed by atoms with van der Waals surface area (Å²) >= 11 is 0. The van der Waals surface area contributed by atoms with Crippen LogP contribution in [0.3, 0.4) is 0 Å². The summed E-state index contributed by atoms with van der Waals surface area (Å²) < 4.78 is 12.7. The lowest BCUT2D eigenvalue weighted by molar-refractivity contribution is 0.212. The van der Waals surface area contributed by atoms with Gasteiger partial charge < -0.3 is 5.32 Å². The van der Waals surface area contributed by atoms with Crippen LogP contribution >= 0.6 is 0 Å². The second kappa shape index (κ2) is 2.87. The second-order valence-electron chi connectivity index (χ2n) is 3.38. The number of alkyl halides is 1. The Bertz CT molecular complexity index is 248. The van der Waals surface area contributed by atoms with Gasteiger partial charge in [0.2, 0.25) is 0 Å². The van der Waals surface area contributed by atoms with Gasteiger partial charge in [-0.2, -0.15) is 0 Å². The van der Waals surface area contributed by atoms with Crippen molar-refractivity contribution in [2.75, 3.05) is 19.8 Å². The normalized spacial score (nSPS) is 20.1. The van der Waals surface area contributed by atoms with Crippen LogP contribution in [0.25, 0.3) is 0 Å². The number of hydrogen-bond acceptors (Lipinski definition) is 1. The molecule has 1 aliphatic heterocycles. The van der Waals surface area contributed by atoms with E-state index in [2.05, 4.69) is 5.32 Å². The van der Waals surface area contributed by atoms with E-state index in [4.69, 9.17) is 0 Å². The van der Waals surface area contributed by atoms with Crippen molar-refractivity contribution >= 4 is 0 Å². The standard InChI is InChI=1S/C10H12FN/c11-6-10(7-12-8-10)9-4-2-1-3-5-9/h1-5,12H,6-8H2. The van der Waals surface area contributed by atoms with Gasteiger partial charge in [-0.3, -0.25) is 4.39 Å². The van der Waals surface area contributed by atoms with Crippen LogP contribution in [0.2, 0.25) is 0 Å². The number of nitrogens with one attached hydrogen (secondary N) is 1. The van der Waals surface area contributed by atoms with Gasteiger partial charge in [-0.25, -0.2) is 0 Å². The Kier molecular flexibility index (Phi) is 1.85. The van der Waals surface area contributed by atoms with E-state index < -0.39 is 0 Å². The highest BCUT2D eigenvalue weighted by molar-refractivity contribution is 5.29. The Hall–Kier alpha value is -0.890. The van der Waals surface area contributed by atoms with Crippen LogP contribution in [0.4, 0.5) is 4.39 Å². The smallest absolute Gasteiger partial charge is 0.102 e. The van der Waals surface area contributed by atoms with Gasteiger partial charge in [0.1, 0.15) is 6.67 Å². The van der Waals surface area contributed by atoms with Crippen molar-refractivity contribution < 1.29 is 4.39 Å². The largest absolute Gasteiger partial charge is 0.315 e. The van der Waals surface area contributed by atoms with Crippen molar-refractivity contribution in [2.24, 2.45) is 0 Å². The molecule has 1 fully saturated rings. The summed E-state index contributed by atoms with van der Waals surface area (Å²) in [5.74, 6) is 0. The zero-order chi connectivity index (χ0) is 8.44. The predicted molar refractivity (Wildman–Crippen MR) is 47.0 cm³/mol. The van der Waals surface area contributed by atoms with Crippen molar-refractivity contribution in [2.45, 2.75) is 5.41 Å². The summed E-state index contributed by atoms with van der Waals surface area (Å²) in [5.41, 5.74) is 0.896. The molecule has 0 saturated carbocycles. The molecule has 1 saturated heterocycles. The Balaban J connectivity index is 2.28. The summed E-state index contributed by atoms with van der Waals surface area (Å²) in [6.07, 6.45) is 0. The number of hydrogen-bond donors (Lipinski definition) is 1. The van der Waals surface area contributed by atoms with Crippen LogP contribution in [0.1, 0.15) is 5.56 Å². The van der Waals surface area contributed by atoms with Gasteiger partial charge in [0.25, 0.3) is 0 Å². The average Bonchev–Trinajstić information content (AvgIpc) is 2.05. The first-order valence-corrected chi connectivity index (χ1v) is 4.20. The zero-order valence-electron chi connectivity index (χ0n) is 6.89. The molecule has 12 heavy (non-hydrogen) atoms. The number of rotatable bonds is 2. The molecular formula is C10H12FN. The first-order chi connectivity index (χ1) is 5.87. The Labute approximate surface area is 71.6 Å². The maximum Gasteiger partial charge on any atom is 0.102 e. The van der Waals surface area contributed by atoms with E-state index in [1.165, 1.54) is 0 Å². The van der Waals surface area contributed by atoms with Crippen molar-refractivity contribution in [3.8, 4) is 0 Å². The maximum absolute atomic E-state index is 12.7. The highest BCUT2D eigenvalue weighted by Gasteiger charge is 2.38. The molecule has 1 N–H and O–H groups in total. The quantitative estimate of drug-likeness (QED) is 0.700. The van der Waals surface area contributed by atoms with Crippen molar-refractivity contribution in [3.63, 3.8) is 0 Å². The monoisotopic (exact) mass is 165 g/mol. The number of benzene rings is 1. The van der Waals surface area contributed by atoms with Crippen LogP contribution in [0.15, 0.2) is 30.3 Å². The molecule has 2 heteroatoms. The molecule has 0 unspecified atom stereocenters. The molecule has 1 aromatic carbocycles. The van der Waals surface area contributed by atoms with Gasteiger partial charge in [0.15, 0.2) is 0 Å². The molecule has 2 rings (SSSR count). The topological polar surface area (TPSA) is 12.0 Å². The first-order valence-electron chi connectivity index (χ1n) is 4.20. The molecule has 0 spiro atoms. The molecule has 1 aliphatic rings. The third-order valence-corrected chi connectivity index (χ3v) is 2.57. The van der Waals surface area contributed by atoms with Gasteiger partial charge in [-0.1, -0.05) is 30.3 Å².